The molecule has 0 bridgehead atoms. The summed E-state index contributed by atoms with van der Waals surface area (Å²) in [5, 5.41) is 24.9. The Hall–Kier alpha value is -5.31. The number of nitrogens with one attached hydrogen (secondary N) is 3. The number of carbonyl (C=O) groups excluding carboxylic acids is 2. The van der Waals surface area contributed by atoms with Gasteiger partial charge in [0.1, 0.15) is 0 Å². The fourth-order valence-corrected chi connectivity index (χ4v) is 6.87. The number of carbonyl (C=O) groups is 2. The Labute approximate surface area is 287 Å². The van der Waals surface area contributed by atoms with Crippen molar-refractivity contribution < 1.29 is 19.1 Å². The molecule has 262 valence electrons. The van der Waals surface area contributed by atoms with E-state index in [1.165, 1.54) is 6.20 Å². The molecule has 14 nitrogen and oxygen atoms in total. The third kappa shape index (κ3) is 6.52. The summed E-state index contributed by atoms with van der Waals surface area (Å²) < 4.78 is 19.9. The molecule has 15 heteroatoms. The summed E-state index contributed by atoms with van der Waals surface area (Å²) in [6.45, 7) is 5.08. The van der Waals surface area contributed by atoms with Gasteiger partial charge in [-0.25, -0.2) is 14.2 Å². The van der Waals surface area contributed by atoms with E-state index in [1.54, 1.807) is 52.9 Å². The molecule has 3 aromatic heterocycles. The lowest BCUT2D eigenvalue weighted by Crippen LogP contribution is -2.40. The normalized spacial score (nSPS) is 17.5. The largest absolute Gasteiger partial charge is 0.390 e. The van der Waals surface area contributed by atoms with Crippen molar-refractivity contribution in [3.8, 4) is 0 Å². The molecule has 5 aromatic rings. The number of aromatic nitrogens is 6. The Bertz CT molecular complexity index is 2170. The van der Waals surface area contributed by atoms with E-state index in [-0.39, 0.29) is 29.4 Å². The van der Waals surface area contributed by atoms with Crippen LogP contribution in [0.4, 0.5) is 27.5 Å². The van der Waals surface area contributed by atoms with Crippen molar-refractivity contribution in [1.29, 1.82) is 0 Å². The van der Waals surface area contributed by atoms with Gasteiger partial charge in [0.2, 0.25) is 17.8 Å². The number of fused-ring (bicyclic) bond motifs is 2. The Morgan fingerprint density at radius 3 is 2.48 bits per heavy atom. The standard InChI is InChI=1S/C35H41FN10O4/c1-35(2,50)13-16-46-28-18-22(6-9-26(28)43(3)34(46)49)39-31-25(36)19-37-33(41-31)45-14-11-20(12-15-45)38-21-5-7-23-27(17-21)44(4)42-30(23)24-8-10-29(47)40-32(24)48/h5-7,9,17-20,24,38,50H,8,10-16H2,1-4H3,(H,37,39,41)(H,40,47,48). The van der Waals surface area contributed by atoms with Crippen LogP contribution in [0.25, 0.3) is 21.9 Å². The zero-order valence-corrected chi connectivity index (χ0v) is 28.5. The van der Waals surface area contributed by atoms with Crippen molar-refractivity contribution in [3.63, 3.8) is 0 Å². The Balaban J connectivity index is 1.01. The number of amides is 2. The van der Waals surface area contributed by atoms with Gasteiger partial charge in [0.15, 0.2) is 11.6 Å². The zero-order chi connectivity index (χ0) is 35.3. The van der Waals surface area contributed by atoms with Crippen LogP contribution in [-0.2, 0) is 30.2 Å². The van der Waals surface area contributed by atoms with Crippen LogP contribution in [0.3, 0.4) is 0 Å². The summed E-state index contributed by atoms with van der Waals surface area (Å²) in [5.74, 6) is -1.13. The minimum atomic E-state index is -0.929. The van der Waals surface area contributed by atoms with Crippen LogP contribution < -0.4 is 26.5 Å². The van der Waals surface area contributed by atoms with Crippen molar-refractivity contribution in [1.82, 2.24) is 34.2 Å². The third-order valence-electron chi connectivity index (χ3n) is 9.68. The SMILES string of the molecule is Cn1nc(C2CCC(=O)NC2=O)c2ccc(NC3CCN(c4ncc(F)c(Nc5ccc6c(c5)n(CCC(C)(C)O)c(=O)n6C)n4)CC3)cc21. The Morgan fingerprint density at radius 2 is 1.74 bits per heavy atom. The molecule has 4 N–H and O–H groups in total. The zero-order valence-electron chi connectivity index (χ0n) is 28.5. The van der Waals surface area contributed by atoms with Crippen molar-refractivity contribution in [2.45, 2.75) is 70.1 Å². The van der Waals surface area contributed by atoms with Crippen LogP contribution in [-0.4, -0.2) is 70.5 Å². The maximum Gasteiger partial charge on any atom is 0.328 e. The molecule has 0 aliphatic carbocycles. The lowest BCUT2D eigenvalue weighted by molar-refractivity contribution is -0.134. The number of aryl methyl sites for hydroxylation is 3. The van der Waals surface area contributed by atoms with E-state index in [0.717, 1.165) is 34.9 Å². The summed E-state index contributed by atoms with van der Waals surface area (Å²) in [6, 6.07) is 11.6. The van der Waals surface area contributed by atoms with Crippen molar-refractivity contribution in [2.24, 2.45) is 14.1 Å². The van der Waals surface area contributed by atoms with E-state index in [9.17, 15) is 23.9 Å². The predicted molar refractivity (Wildman–Crippen MR) is 188 cm³/mol. The van der Waals surface area contributed by atoms with Gasteiger partial charge in [-0.15, -0.1) is 0 Å². The summed E-state index contributed by atoms with van der Waals surface area (Å²) in [5.41, 5.74) is 3.38. The number of nitrogens with zero attached hydrogens (tertiary/aromatic N) is 7. The summed E-state index contributed by atoms with van der Waals surface area (Å²) in [7, 11) is 3.55. The van der Waals surface area contributed by atoms with Gasteiger partial charge in [-0.3, -0.25) is 28.7 Å². The average Bonchev–Trinajstić information content (AvgIpc) is 3.52. The van der Waals surface area contributed by atoms with Crippen LogP contribution >= 0.6 is 0 Å². The molecular weight excluding hydrogens is 643 g/mol. The maximum atomic E-state index is 15.0. The van der Waals surface area contributed by atoms with Gasteiger partial charge in [0.25, 0.3) is 0 Å². The van der Waals surface area contributed by atoms with E-state index in [4.69, 9.17) is 0 Å². The molecule has 1 unspecified atom stereocenters. The van der Waals surface area contributed by atoms with E-state index in [2.05, 4.69) is 31.0 Å². The average molecular weight is 685 g/mol. The molecule has 1 atom stereocenters. The summed E-state index contributed by atoms with van der Waals surface area (Å²) in [4.78, 5) is 47.9. The van der Waals surface area contributed by atoms with Gasteiger partial charge in [-0.2, -0.15) is 10.1 Å². The van der Waals surface area contributed by atoms with E-state index < -0.39 is 17.3 Å². The number of piperidine rings is 2. The van der Waals surface area contributed by atoms with Gasteiger partial charge in [0.05, 0.1) is 40.0 Å². The first-order valence-corrected chi connectivity index (χ1v) is 16.9. The van der Waals surface area contributed by atoms with Crippen LogP contribution in [0.2, 0.25) is 0 Å². The number of rotatable bonds is 9. The first kappa shape index (κ1) is 33.2. The second kappa shape index (κ2) is 12.9. The molecule has 5 heterocycles. The number of aliphatic hydroxyl groups is 1. The highest BCUT2D eigenvalue weighted by molar-refractivity contribution is 6.02. The van der Waals surface area contributed by atoms with Gasteiger partial charge < -0.3 is 20.6 Å². The molecule has 2 amide bonds. The number of benzene rings is 2. The van der Waals surface area contributed by atoms with Crippen LogP contribution in [0.1, 0.15) is 57.6 Å². The van der Waals surface area contributed by atoms with Crippen LogP contribution in [0.15, 0.2) is 47.4 Å². The monoisotopic (exact) mass is 684 g/mol. The second-order valence-electron chi connectivity index (χ2n) is 13.9. The molecule has 2 fully saturated rings. The van der Waals surface area contributed by atoms with Crippen molar-refractivity contribution in [3.05, 3.63) is 64.6 Å². The number of imidazole rings is 1. The van der Waals surface area contributed by atoms with Crippen LogP contribution in [0.5, 0.6) is 0 Å². The Morgan fingerprint density at radius 1 is 1.00 bits per heavy atom. The number of imide groups is 1. The number of anilines is 4. The summed E-state index contributed by atoms with van der Waals surface area (Å²) >= 11 is 0. The lowest BCUT2D eigenvalue weighted by Gasteiger charge is -2.33. The van der Waals surface area contributed by atoms with E-state index in [1.807, 2.05) is 30.1 Å². The lowest BCUT2D eigenvalue weighted by atomic mass is 9.93. The molecule has 50 heavy (non-hydrogen) atoms. The van der Waals surface area contributed by atoms with Crippen molar-refractivity contribution >= 4 is 56.9 Å². The minimum absolute atomic E-state index is 0.0390. The topological polar surface area (TPSA) is 164 Å². The molecule has 2 aliphatic heterocycles. The van der Waals surface area contributed by atoms with Gasteiger partial charge in [0, 0.05) is 63.0 Å². The van der Waals surface area contributed by atoms with E-state index >= 15 is 0 Å². The molecule has 7 rings (SSSR count). The molecule has 2 aromatic carbocycles. The first-order chi connectivity index (χ1) is 23.8. The fraction of sp³-hybridized carbons (Fsp3) is 0.429. The molecule has 0 spiro atoms. The third-order valence-corrected chi connectivity index (χ3v) is 9.68. The number of halogens is 1. The Kier molecular flexibility index (Phi) is 8.54. The van der Waals surface area contributed by atoms with Gasteiger partial charge in [-0.1, -0.05) is 0 Å². The molecule has 2 saturated heterocycles. The van der Waals surface area contributed by atoms with Crippen molar-refractivity contribution in [2.75, 3.05) is 28.6 Å². The van der Waals surface area contributed by atoms with Crippen LogP contribution in [0, 0.1) is 5.82 Å². The molecule has 0 radical (unpaired) electrons. The number of hydrogen-bond acceptors (Lipinski definition) is 10. The minimum Gasteiger partial charge on any atom is -0.390 e. The molecular formula is C35H41FN10O4. The highest BCUT2D eigenvalue weighted by Crippen LogP contribution is 2.32. The maximum absolute atomic E-state index is 15.0. The number of hydrogen-bond donors (Lipinski definition) is 4. The summed E-state index contributed by atoms with van der Waals surface area (Å²) in [6.07, 6.45) is 3.92. The van der Waals surface area contributed by atoms with Gasteiger partial charge >= 0.3 is 5.69 Å². The molecule has 2 aliphatic rings. The van der Waals surface area contributed by atoms with Gasteiger partial charge in [-0.05, 0) is 75.9 Å². The first-order valence-electron chi connectivity index (χ1n) is 16.9. The highest BCUT2D eigenvalue weighted by Gasteiger charge is 2.32. The molecule has 0 saturated carbocycles. The highest BCUT2D eigenvalue weighted by atomic mass is 19.1. The smallest absolute Gasteiger partial charge is 0.328 e. The second-order valence-corrected chi connectivity index (χ2v) is 13.9. The van der Waals surface area contributed by atoms with E-state index in [0.29, 0.717) is 61.7 Å². The quantitative estimate of drug-likeness (QED) is 0.169. The predicted octanol–water partition coefficient (Wildman–Crippen LogP) is 3.66. The fourth-order valence-electron chi connectivity index (χ4n) is 6.87.